The number of hydrogen-bond donors (Lipinski definition) is 1. The van der Waals surface area contributed by atoms with Crippen molar-refractivity contribution in [3.63, 3.8) is 0 Å². The standard InChI is InChI=1S/C13H22ClN3/c1-3-17-13(12(14)9-16-17)11-7-5-4-6-10(11)8-15-2/h9-11,15H,3-8H2,1-2H3. The fourth-order valence-corrected chi connectivity index (χ4v) is 3.35. The van der Waals surface area contributed by atoms with E-state index in [1.165, 1.54) is 31.4 Å². The lowest BCUT2D eigenvalue weighted by atomic mass is 9.77. The zero-order valence-electron chi connectivity index (χ0n) is 10.7. The van der Waals surface area contributed by atoms with E-state index in [2.05, 4.69) is 22.0 Å². The summed E-state index contributed by atoms with van der Waals surface area (Å²) in [7, 11) is 2.03. The Labute approximate surface area is 109 Å². The number of nitrogens with one attached hydrogen (secondary N) is 1. The van der Waals surface area contributed by atoms with Crippen LogP contribution in [-0.2, 0) is 6.54 Å². The van der Waals surface area contributed by atoms with E-state index in [1.54, 1.807) is 6.20 Å². The predicted octanol–water partition coefficient (Wildman–Crippen LogP) is 3.05. The molecule has 0 radical (unpaired) electrons. The first-order chi connectivity index (χ1) is 8.27. The molecule has 0 aromatic carbocycles. The number of halogens is 1. The Balaban J connectivity index is 2.25. The lowest BCUT2D eigenvalue weighted by Gasteiger charge is -2.32. The van der Waals surface area contributed by atoms with Crippen molar-refractivity contribution in [1.82, 2.24) is 15.1 Å². The van der Waals surface area contributed by atoms with Gasteiger partial charge in [0.25, 0.3) is 0 Å². The molecule has 2 atom stereocenters. The molecule has 0 bridgehead atoms. The molecule has 1 aromatic rings. The highest BCUT2D eigenvalue weighted by Gasteiger charge is 2.30. The van der Waals surface area contributed by atoms with Gasteiger partial charge in [-0.15, -0.1) is 0 Å². The van der Waals surface area contributed by atoms with Crippen LogP contribution < -0.4 is 5.32 Å². The molecule has 0 aliphatic heterocycles. The summed E-state index contributed by atoms with van der Waals surface area (Å²) in [6, 6.07) is 0. The maximum atomic E-state index is 6.32. The van der Waals surface area contributed by atoms with E-state index in [4.69, 9.17) is 11.6 Å². The molecule has 1 saturated carbocycles. The minimum Gasteiger partial charge on any atom is -0.319 e. The first-order valence-electron chi connectivity index (χ1n) is 6.63. The number of hydrogen-bond acceptors (Lipinski definition) is 2. The molecule has 2 unspecified atom stereocenters. The molecule has 96 valence electrons. The number of aromatic nitrogens is 2. The molecule has 1 heterocycles. The number of rotatable bonds is 4. The minimum atomic E-state index is 0.575. The predicted molar refractivity (Wildman–Crippen MR) is 71.5 cm³/mol. The Hall–Kier alpha value is -0.540. The van der Waals surface area contributed by atoms with Gasteiger partial charge < -0.3 is 5.32 Å². The van der Waals surface area contributed by atoms with Gasteiger partial charge in [0.15, 0.2) is 0 Å². The summed E-state index contributed by atoms with van der Waals surface area (Å²) >= 11 is 6.32. The van der Waals surface area contributed by atoms with Crippen molar-refractivity contribution in [3.05, 3.63) is 16.9 Å². The van der Waals surface area contributed by atoms with Crippen LogP contribution in [-0.4, -0.2) is 23.4 Å². The second-order valence-corrected chi connectivity index (χ2v) is 5.31. The van der Waals surface area contributed by atoms with Gasteiger partial charge in [-0.2, -0.15) is 5.10 Å². The molecule has 1 aliphatic rings. The van der Waals surface area contributed by atoms with Gasteiger partial charge in [-0.1, -0.05) is 24.4 Å². The Morgan fingerprint density at radius 1 is 1.47 bits per heavy atom. The fourth-order valence-electron chi connectivity index (χ4n) is 3.07. The molecule has 17 heavy (non-hydrogen) atoms. The summed E-state index contributed by atoms with van der Waals surface area (Å²) in [6.45, 7) is 4.11. The van der Waals surface area contributed by atoms with Crippen LogP contribution in [0.15, 0.2) is 6.20 Å². The molecule has 0 saturated heterocycles. The van der Waals surface area contributed by atoms with Gasteiger partial charge in [-0.3, -0.25) is 4.68 Å². The fraction of sp³-hybridized carbons (Fsp3) is 0.769. The van der Waals surface area contributed by atoms with Gasteiger partial charge in [-0.05, 0) is 39.3 Å². The first-order valence-corrected chi connectivity index (χ1v) is 7.01. The van der Waals surface area contributed by atoms with Crippen LogP contribution in [0.25, 0.3) is 0 Å². The van der Waals surface area contributed by atoms with Crippen LogP contribution in [0.1, 0.15) is 44.2 Å². The number of nitrogens with zero attached hydrogens (tertiary/aromatic N) is 2. The van der Waals surface area contributed by atoms with Crippen LogP contribution in [0.5, 0.6) is 0 Å². The van der Waals surface area contributed by atoms with E-state index in [0.717, 1.165) is 18.1 Å². The van der Waals surface area contributed by atoms with Crippen LogP contribution >= 0.6 is 11.6 Å². The third kappa shape index (κ3) is 2.66. The third-order valence-corrected chi connectivity index (χ3v) is 4.15. The molecular formula is C13H22ClN3. The monoisotopic (exact) mass is 255 g/mol. The van der Waals surface area contributed by atoms with E-state index in [-0.39, 0.29) is 0 Å². The average Bonchev–Trinajstić information content (AvgIpc) is 2.72. The second kappa shape index (κ2) is 5.87. The van der Waals surface area contributed by atoms with Crippen LogP contribution in [0.2, 0.25) is 5.02 Å². The highest BCUT2D eigenvalue weighted by atomic mass is 35.5. The molecule has 1 aliphatic carbocycles. The summed E-state index contributed by atoms with van der Waals surface area (Å²) < 4.78 is 2.07. The quantitative estimate of drug-likeness (QED) is 0.896. The second-order valence-electron chi connectivity index (χ2n) is 4.90. The lowest BCUT2D eigenvalue weighted by Crippen LogP contribution is -2.29. The summed E-state index contributed by atoms with van der Waals surface area (Å²) in [5.41, 5.74) is 1.26. The third-order valence-electron chi connectivity index (χ3n) is 3.86. The molecular weight excluding hydrogens is 234 g/mol. The Morgan fingerprint density at radius 2 is 2.24 bits per heavy atom. The van der Waals surface area contributed by atoms with Crippen molar-refractivity contribution < 1.29 is 0 Å². The van der Waals surface area contributed by atoms with Gasteiger partial charge >= 0.3 is 0 Å². The smallest absolute Gasteiger partial charge is 0.0820 e. The van der Waals surface area contributed by atoms with E-state index in [0.29, 0.717) is 11.8 Å². The first kappa shape index (κ1) is 12.9. The summed E-state index contributed by atoms with van der Waals surface area (Å²) in [4.78, 5) is 0. The Kier molecular flexibility index (Phi) is 4.46. The highest BCUT2D eigenvalue weighted by molar-refractivity contribution is 6.31. The summed E-state index contributed by atoms with van der Waals surface area (Å²) in [6.07, 6.45) is 7.01. The van der Waals surface area contributed by atoms with Crippen LogP contribution in [0.4, 0.5) is 0 Å². The van der Waals surface area contributed by atoms with Crippen molar-refractivity contribution in [2.75, 3.05) is 13.6 Å². The maximum absolute atomic E-state index is 6.32. The van der Waals surface area contributed by atoms with Crippen molar-refractivity contribution >= 4 is 11.6 Å². The molecule has 4 heteroatoms. The zero-order chi connectivity index (χ0) is 12.3. The molecule has 1 N–H and O–H groups in total. The Bertz CT molecular complexity index is 360. The normalized spacial score (nSPS) is 25.1. The molecule has 2 rings (SSSR count). The topological polar surface area (TPSA) is 29.9 Å². The summed E-state index contributed by atoms with van der Waals surface area (Å²) in [5, 5.41) is 8.53. The SMILES string of the molecule is CCn1ncc(Cl)c1C1CCCCC1CNC. The minimum absolute atomic E-state index is 0.575. The lowest BCUT2D eigenvalue weighted by molar-refractivity contribution is 0.289. The average molecular weight is 256 g/mol. The van der Waals surface area contributed by atoms with Gasteiger partial charge in [0.05, 0.1) is 16.9 Å². The van der Waals surface area contributed by atoms with Crippen molar-refractivity contribution in [1.29, 1.82) is 0 Å². The van der Waals surface area contributed by atoms with Gasteiger partial charge in [0, 0.05) is 12.5 Å². The molecule has 0 spiro atoms. The van der Waals surface area contributed by atoms with Gasteiger partial charge in [-0.25, -0.2) is 0 Å². The molecule has 3 nitrogen and oxygen atoms in total. The largest absolute Gasteiger partial charge is 0.319 e. The zero-order valence-corrected chi connectivity index (χ0v) is 11.5. The summed E-state index contributed by atoms with van der Waals surface area (Å²) in [5.74, 6) is 1.28. The highest BCUT2D eigenvalue weighted by Crippen LogP contribution is 2.40. The number of aryl methyl sites for hydroxylation is 1. The van der Waals surface area contributed by atoms with Gasteiger partial charge in [0.1, 0.15) is 0 Å². The molecule has 0 amide bonds. The van der Waals surface area contributed by atoms with E-state index in [9.17, 15) is 0 Å². The van der Waals surface area contributed by atoms with Crippen LogP contribution in [0.3, 0.4) is 0 Å². The Morgan fingerprint density at radius 3 is 2.94 bits per heavy atom. The van der Waals surface area contributed by atoms with Crippen molar-refractivity contribution in [3.8, 4) is 0 Å². The van der Waals surface area contributed by atoms with E-state index in [1.807, 2.05) is 7.05 Å². The van der Waals surface area contributed by atoms with E-state index >= 15 is 0 Å². The van der Waals surface area contributed by atoms with Crippen molar-refractivity contribution in [2.45, 2.75) is 45.1 Å². The van der Waals surface area contributed by atoms with Gasteiger partial charge in [0.2, 0.25) is 0 Å². The van der Waals surface area contributed by atoms with E-state index < -0.39 is 0 Å². The van der Waals surface area contributed by atoms with Crippen molar-refractivity contribution in [2.24, 2.45) is 5.92 Å². The molecule has 1 aromatic heterocycles. The van der Waals surface area contributed by atoms with Crippen LogP contribution in [0, 0.1) is 5.92 Å². The maximum Gasteiger partial charge on any atom is 0.0820 e. The molecule has 1 fully saturated rings.